The molecule has 1 aromatic heterocycles. The van der Waals surface area contributed by atoms with E-state index < -0.39 is 11.8 Å². The molecule has 2 aromatic rings. The lowest BCUT2D eigenvalue weighted by Crippen LogP contribution is -2.03. The number of pyridine rings is 1. The molecule has 0 radical (unpaired) electrons. The number of rotatable bonds is 2. The molecule has 1 aromatic carbocycles. The van der Waals surface area contributed by atoms with Crippen LogP contribution in [0.3, 0.4) is 0 Å². The minimum Gasteiger partial charge on any atom is -0.476 e. The van der Waals surface area contributed by atoms with Gasteiger partial charge in [-0.05, 0) is 24.6 Å². The monoisotopic (exact) mass is 231 g/mol. The molecule has 2 rings (SSSR count). The summed E-state index contributed by atoms with van der Waals surface area (Å²) in [4.78, 5) is 14.7. The van der Waals surface area contributed by atoms with Crippen LogP contribution >= 0.6 is 0 Å². The Balaban J connectivity index is 2.64. The Labute approximate surface area is 97.6 Å². The van der Waals surface area contributed by atoms with E-state index >= 15 is 0 Å². The van der Waals surface area contributed by atoms with Gasteiger partial charge in [0.2, 0.25) is 0 Å². The van der Waals surface area contributed by atoms with Gasteiger partial charge in [0.25, 0.3) is 0 Å². The smallest absolute Gasteiger partial charge is 0.355 e. The van der Waals surface area contributed by atoms with Crippen LogP contribution < -0.4 is 0 Å². The summed E-state index contributed by atoms with van der Waals surface area (Å²) in [5.41, 5.74) is 1.18. The fraction of sp³-hybridized carbons (Fsp3) is 0.0769. The SMILES string of the molecule is Cc1ccc(-c2cccnc2C(=O)O)c(F)c1. The van der Waals surface area contributed by atoms with E-state index in [1.807, 2.05) is 0 Å². The predicted molar refractivity (Wildman–Crippen MR) is 61.3 cm³/mol. The van der Waals surface area contributed by atoms with Crippen LogP contribution in [0.2, 0.25) is 0 Å². The molecule has 0 aliphatic carbocycles. The van der Waals surface area contributed by atoms with E-state index in [0.29, 0.717) is 0 Å². The number of carboxylic acid groups (broad SMARTS) is 1. The van der Waals surface area contributed by atoms with E-state index in [0.717, 1.165) is 5.56 Å². The zero-order chi connectivity index (χ0) is 12.4. The lowest BCUT2D eigenvalue weighted by atomic mass is 10.0. The number of hydrogen-bond acceptors (Lipinski definition) is 2. The second kappa shape index (κ2) is 4.33. The van der Waals surface area contributed by atoms with Gasteiger partial charge < -0.3 is 5.11 Å². The second-order valence-electron chi connectivity index (χ2n) is 3.69. The highest BCUT2D eigenvalue weighted by molar-refractivity contribution is 5.93. The number of hydrogen-bond donors (Lipinski definition) is 1. The molecule has 3 nitrogen and oxygen atoms in total. The average molecular weight is 231 g/mol. The Bertz CT molecular complexity index is 581. The molecular formula is C13H10FNO2. The van der Waals surface area contributed by atoms with Crippen molar-refractivity contribution in [2.24, 2.45) is 0 Å². The van der Waals surface area contributed by atoms with Gasteiger partial charge >= 0.3 is 5.97 Å². The zero-order valence-electron chi connectivity index (χ0n) is 9.14. The summed E-state index contributed by atoms with van der Waals surface area (Å²) >= 11 is 0. The number of carbonyl (C=O) groups is 1. The normalized spacial score (nSPS) is 10.2. The number of benzene rings is 1. The third kappa shape index (κ3) is 2.15. The Morgan fingerprint density at radius 2 is 2.06 bits per heavy atom. The van der Waals surface area contributed by atoms with E-state index in [2.05, 4.69) is 4.98 Å². The molecule has 0 saturated carbocycles. The Hall–Kier alpha value is -2.23. The van der Waals surface area contributed by atoms with Crippen LogP contribution in [0.5, 0.6) is 0 Å². The van der Waals surface area contributed by atoms with Crippen molar-refractivity contribution in [2.75, 3.05) is 0 Å². The van der Waals surface area contributed by atoms with Gasteiger partial charge in [-0.1, -0.05) is 18.2 Å². The van der Waals surface area contributed by atoms with Gasteiger partial charge in [-0.25, -0.2) is 14.2 Å². The van der Waals surface area contributed by atoms with Crippen molar-refractivity contribution in [3.63, 3.8) is 0 Å². The first-order valence-corrected chi connectivity index (χ1v) is 5.04. The van der Waals surface area contributed by atoms with Crippen LogP contribution in [-0.4, -0.2) is 16.1 Å². The minimum atomic E-state index is -1.17. The van der Waals surface area contributed by atoms with Crippen molar-refractivity contribution in [3.05, 3.63) is 53.6 Å². The van der Waals surface area contributed by atoms with E-state index in [-0.39, 0.29) is 16.8 Å². The Morgan fingerprint density at radius 3 is 2.71 bits per heavy atom. The van der Waals surface area contributed by atoms with Crippen molar-refractivity contribution >= 4 is 5.97 Å². The molecule has 17 heavy (non-hydrogen) atoms. The van der Waals surface area contributed by atoms with Gasteiger partial charge in [0.15, 0.2) is 5.69 Å². The van der Waals surface area contributed by atoms with Gasteiger partial charge in [-0.2, -0.15) is 0 Å². The first-order chi connectivity index (χ1) is 8.09. The molecule has 0 unspecified atom stereocenters. The van der Waals surface area contributed by atoms with Gasteiger partial charge in [0.05, 0.1) is 0 Å². The van der Waals surface area contributed by atoms with Gasteiger partial charge in [0, 0.05) is 17.3 Å². The van der Waals surface area contributed by atoms with Crippen LogP contribution in [0.25, 0.3) is 11.1 Å². The minimum absolute atomic E-state index is 0.143. The summed E-state index contributed by atoms with van der Waals surface area (Å²) in [5, 5.41) is 8.99. The zero-order valence-corrected chi connectivity index (χ0v) is 9.14. The molecule has 1 N–H and O–H groups in total. The van der Waals surface area contributed by atoms with E-state index in [9.17, 15) is 9.18 Å². The van der Waals surface area contributed by atoms with Crippen LogP contribution in [0.15, 0.2) is 36.5 Å². The summed E-state index contributed by atoms with van der Waals surface area (Å²) in [6.07, 6.45) is 1.37. The predicted octanol–water partition coefficient (Wildman–Crippen LogP) is 2.89. The quantitative estimate of drug-likeness (QED) is 0.864. The Morgan fingerprint density at radius 1 is 1.29 bits per heavy atom. The highest BCUT2D eigenvalue weighted by Gasteiger charge is 2.15. The molecule has 1 heterocycles. The second-order valence-corrected chi connectivity index (χ2v) is 3.69. The van der Waals surface area contributed by atoms with Crippen molar-refractivity contribution in [3.8, 4) is 11.1 Å². The number of nitrogens with zero attached hydrogens (tertiary/aromatic N) is 1. The number of aromatic carboxylic acids is 1. The maximum atomic E-state index is 13.8. The third-order valence-corrected chi connectivity index (χ3v) is 2.43. The fourth-order valence-electron chi connectivity index (χ4n) is 1.63. The molecule has 0 fully saturated rings. The molecule has 0 spiro atoms. The number of halogens is 1. The summed E-state index contributed by atoms with van der Waals surface area (Å²) in [6.45, 7) is 1.77. The van der Waals surface area contributed by atoms with Crippen LogP contribution in [-0.2, 0) is 0 Å². The standard InChI is InChI=1S/C13H10FNO2/c1-8-4-5-9(11(14)7-8)10-3-2-6-15-12(10)13(16)17/h2-7H,1H3,(H,16,17). The topological polar surface area (TPSA) is 50.2 Å². The van der Waals surface area contributed by atoms with Crippen molar-refractivity contribution < 1.29 is 14.3 Å². The largest absolute Gasteiger partial charge is 0.476 e. The maximum Gasteiger partial charge on any atom is 0.355 e. The maximum absolute atomic E-state index is 13.8. The summed E-state index contributed by atoms with van der Waals surface area (Å²) in [5.74, 6) is -1.61. The molecule has 0 aliphatic heterocycles. The molecular weight excluding hydrogens is 221 g/mol. The van der Waals surface area contributed by atoms with Crippen LogP contribution in [0.1, 0.15) is 16.1 Å². The highest BCUT2D eigenvalue weighted by Crippen LogP contribution is 2.25. The van der Waals surface area contributed by atoms with Gasteiger partial charge in [0.1, 0.15) is 5.82 Å². The third-order valence-electron chi connectivity index (χ3n) is 2.43. The van der Waals surface area contributed by atoms with Gasteiger partial charge in [-0.3, -0.25) is 0 Å². The lowest BCUT2D eigenvalue weighted by molar-refractivity contribution is 0.0691. The molecule has 0 bridgehead atoms. The van der Waals surface area contributed by atoms with Crippen molar-refractivity contribution in [1.82, 2.24) is 4.98 Å². The Kier molecular flexibility index (Phi) is 2.87. The molecule has 0 saturated heterocycles. The first-order valence-electron chi connectivity index (χ1n) is 5.04. The van der Waals surface area contributed by atoms with E-state index in [1.165, 1.54) is 12.3 Å². The first kappa shape index (κ1) is 11.3. The summed E-state index contributed by atoms with van der Waals surface area (Å²) < 4.78 is 13.8. The highest BCUT2D eigenvalue weighted by atomic mass is 19.1. The van der Waals surface area contributed by atoms with Gasteiger partial charge in [-0.15, -0.1) is 0 Å². The summed E-state index contributed by atoms with van der Waals surface area (Å²) in [6, 6.07) is 7.80. The van der Waals surface area contributed by atoms with E-state index in [1.54, 1.807) is 31.2 Å². The molecule has 0 atom stereocenters. The summed E-state index contributed by atoms with van der Waals surface area (Å²) in [7, 11) is 0. The van der Waals surface area contributed by atoms with Crippen molar-refractivity contribution in [2.45, 2.75) is 6.92 Å². The molecule has 4 heteroatoms. The number of aromatic nitrogens is 1. The van der Waals surface area contributed by atoms with Crippen molar-refractivity contribution in [1.29, 1.82) is 0 Å². The lowest BCUT2D eigenvalue weighted by Gasteiger charge is -2.06. The van der Waals surface area contributed by atoms with Crippen LogP contribution in [0.4, 0.5) is 4.39 Å². The average Bonchev–Trinajstić information content (AvgIpc) is 2.29. The van der Waals surface area contributed by atoms with E-state index in [4.69, 9.17) is 5.11 Å². The molecule has 86 valence electrons. The fourth-order valence-corrected chi connectivity index (χ4v) is 1.63. The molecule has 0 amide bonds. The van der Waals surface area contributed by atoms with Crippen LogP contribution in [0, 0.1) is 12.7 Å². The number of aryl methyl sites for hydroxylation is 1. The number of carboxylic acids is 1. The molecule has 0 aliphatic rings.